The Balaban J connectivity index is 1.86. The van der Waals surface area contributed by atoms with Crippen molar-refractivity contribution in [3.63, 3.8) is 0 Å². The first-order chi connectivity index (χ1) is 14.0. The third-order valence-corrected chi connectivity index (χ3v) is 11.5. The Morgan fingerprint density at radius 3 is 2.60 bits per heavy atom. The monoisotopic (exact) mass is 514 g/mol. The summed E-state index contributed by atoms with van der Waals surface area (Å²) >= 11 is 4.43. The highest BCUT2D eigenvalue weighted by Crippen LogP contribution is 2.37. The number of hydrogen-bond acceptors (Lipinski definition) is 6. The molecule has 162 valence electrons. The van der Waals surface area contributed by atoms with Gasteiger partial charge < -0.3 is 9.74 Å². The molecular weight excluding hydrogens is 490 g/mol. The standard InChI is InChI=1S/C20H25BrF2N4OSSi/c1-20(2,3)30(4,5)28-10-9-24-15-11-13(18-26-27-19(29-18)17(22)23)12-7-6-8-14(21)16(12)25-15/h6-8,11,17H,9-10H2,1-5H3,(H,24,25). The van der Waals surface area contributed by atoms with Gasteiger partial charge in [-0.3, -0.25) is 0 Å². The minimum absolute atomic E-state index is 0.145. The van der Waals surface area contributed by atoms with Crippen molar-refractivity contribution in [2.45, 2.75) is 45.3 Å². The van der Waals surface area contributed by atoms with Gasteiger partial charge in [-0.1, -0.05) is 44.2 Å². The van der Waals surface area contributed by atoms with E-state index in [1.807, 2.05) is 24.3 Å². The van der Waals surface area contributed by atoms with Crippen LogP contribution in [0.3, 0.4) is 0 Å². The minimum atomic E-state index is -2.64. The lowest BCUT2D eigenvalue weighted by Crippen LogP contribution is -2.41. The quantitative estimate of drug-likeness (QED) is 0.274. The lowest BCUT2D eigenvalue weighted by Gasteiger charge is -2.36. The van der Waals surface area contributed by atoms with Gasteiger partial charge in [0.2, 0.25) is 0 Å². The van der Waals surface area contributed by atoms with E-state index in [4.69, 9.17) is 9.41 Å². The first kappa shape index (κ1) is 23.2. The maximum atomic E-state index is 13.0. The summed E-state index contributed by atoms with van der Waals surface area (Å²) in [6.45, 7) is 12.2. The maximum absolute atomic E-state index is 13.0. The fourth-order valence-electron chi connectivity index (χ4n) is 2.61. The number of fused-ring (bicyclic) bond motifs is 1. The van der Waals surface area contributed by atoms with Crippen LogP contribution in [0.5, 0.6) is 0 Å². The molecule has 3 rings (SSSR count). The molecule has 5 nitrogen and oxygen atoms in total. The maximum Gasteiger partial charge on any atom is 0.291 e. The van der Waals surface area contributed by atoms with Crippen LogP contribution in [-0.4, -0.2) is 36.7 Å². The average Bonchev–Trinajstić information content (AvgIpc) is 3.15. The van der Waals surface area contributed by atoms with Crippen LogP contribution in [0.2, 0.25) is 18.1 Å². The molecule has 0 amide bonds. The van der Waals surface area contributed by atoms with Crippen LogP contribution in [0, 0.1) is 0 Å². The molecule has 0 aliphatic rings. The summed E-state index contributed by atoms with van der Waals surface area (Å²) in [4.78, 5) is 4.69. The molecule has 0 saturated heterocycles. The van der Waals surface area contributed by atoms with E-state index >= 15 is 0 Å². The van der Waals surface area contributed by atoms with Crippen LogP contribution in [0.4, 0.5) is 14.6 Å². The third kappa shape index (κ3) is 5.04. The second kappa shape index (κ2) is 8.94. The summed E-state index contributed by atoms with van der Waals surface area (Å²) in [5.74, 6) is 0.636. The van der Waals surface area contributed by atoms with Crippen molar-refractivity contribution in [3.05, 3.63) is 33.7 Å². The molecule has 0 aliphatic carbocycles. The fraction of sp³-hybridized carbons (Fsp3) is 0.450. The van der Waals surface area contributed by atoms with E-state index in [1.54, 1.807) is 0 Å². The highest BCUT2D eigenvalue weighted by Gasteiger charge is 2.36. The number of rotatable bonds is 7. The Kier molecular flexibility index (Phi) is 6.90. The first-order valence-corrected chi connectivity index (χ1v) is 14.1. The smallest absolute Gasteiger partial charge is 0.291 e. The summed E-state index contributed by atoms with van der Waals surface area (Å²) in [6, 6.07) is 7.51. The SMILES string of the molecule is CC(C)(C)[Si](C)(C)OCCNc1cc(-c2nnc(C(F)F)s2)c2cccc(Br)c2n1. The molecule has 10 heteroatoms. The molecular formula is C20H25BrF2N4OSSi. The number of nitrogens with one attached hydrogen (secondary N) is 1. The van der Waals surface area contributed by atoms with E-state index in [9.17, 15) is 8.78 Å². The molecule has 0 bridgehead atoms. The Morgan fingerprint density at radius 1 is 1.23 bits per heavy atom. The molecule has 0 atom stereocenters. The van der Waals surface area contributed by atoms with Gasteiger partial charge in [0.1, 0.15) is 10.8 Å². The van der Waals surface area contributed by atoms with Crippen LogP contribution in [0.25, 0.3) is 21.5 Å². The van der Waals surface area contributed by atoms with Gasteiger partial charge in [0.15, 0.2) is 13.3 Å². The predicted octanol–water partition coefficient (Wildman–Crippen LogP) is 6.89. The molecule has 0 fully saturated rings. The van der Waals surface area contributed by atoms with Crippen LogP contribution in [-0.2, 0) is 4.43 Å². The van der Waals surface area contributed by atoms with Gasteiger partial charge in [0.05, 0.1) is 12.1 Å². The number of pyridine rings is 1. The average molecular weight is 516 g/mol. The first-order valence-electron chi connectivity index (χ1n) is 9.58. The number of nitrogens with zero attached hydrogens (tertiary/aromatic N) is 3. The Hall–Kier alpha value is -1.49. The molecule has 2 aromatic heterocycles. The van der Waals surface area contributed by atoms with E-state index in [1.165, 1.54) is 0 Å². The van der Waals surface area contributed by atoms with Crippen molar-refractivity contribution in [2.24, 2.45) is 0 Å². The van der Waals surface area contributed by atoms with E-state index < -0.39 is 14.7 Å². The zero-order valence-corrected chi connectivity index (χ0v) is 21.0. The summed E-state index contributed by atoms with van der Waals surface area (Å²) in [5.41, 5.74) is 1.45. The van der Waals surface area contributed by atoms with Gasteiger partial charge >= 0.3 is 0 Å². The molecule has 1 N–H and O–H groups in total. The van der Waals surface area contributed by atoms with Gasteiger partial charge in [-0.05, 0) is 46.2 Å². The van der Waals surface area contributed by atoms with Crippen LogP contribution in [0.1, 0.15) is 32.2 Å². The number of benzene rings is 1. The van der Waals surface area contributed by atoms with Crippen molar-refractivity contribution < 1.29 is 13.2 Å². The van der Waals surface area contributed by atoms with Gasteiger partial charge in [0, 0.05) is 22.0 Å². The number of anilines is 1. The second-order valence-corrected chi connectivity index (χ2v) is 15.1. The van der Waals surface area contributed by atoms with E-state index in [2.05, 4.69) is 65.3 Å². The van der Waals surface area contributed by atoms with Crippen molar-refractivity contribution in [1.82, 2.24) is 15.2 Å². The summed E-state index contributed by atoms with van der Waals surface area (Å²) in [5, 5.41) is 12.0. The summed E-state index contributed by atoms with van der Waals surface area (Å²) in [7, 11) is -1.82. The fourth-order valence-corrected chi connectivity index (χ4v) is 4.84. The molecule has 0 aliphatic heterocycles. The van der Waals surface area contributed by atoms with Gasteiger partial charge in [-0.25, -0.2) is 13.8 Å². The molecule has 0 radical (unpaired) electrons. The van der Waals surface area contributed by atoms with Crippen molar-refractivity contribution in [2.75, 3.05) is 18.5 Å². The Morgan fingerprint density at radius 2 is 1.97 bits per heavy atom. The summed E-state index contributed by atoms with van der Waals surface area (Å²) in [6.07, 6.45) is -2.64. The minimum Gasteiger partial charge on any atom is -0.415 e. The number of halogens is 3. The van der Waals surface area contributed by atoms with Crippen LogP contribution < -0.4 is 5.32 Å². The third-order valence-electron chi connectivity index (χ3n) is 5.33. The lowest BCUT2D eigenvalue weighted by molar-refractivity contribution is 0.150. The van der Waals surface area contributed by atoms with E-state index in [0.29, 0.717) is 24.0 Å². The van der Waals surface area contributed by atoms with Crippen molar-refractivity contribution in [1.29, 1.82) is 0 Å². The number of alkyl halides is 2. The molecule has 0 unspecified atom stereocenters. The number of para-hydroxylation sites is 1. The molecule has 1 aromatic carbocycles. The van der Waals surface area contributed by atoms with Crippen LogP contribution in [0.15, 0.2) is 28.7 Å². The largest absolute Gasteiger partial charge is 0.415 e. The Labute approximate surface area is 188 Å². The van der Waals surface area contributed by atoms with Gasteiger partial charge in [-0.2, -0.15) is 0 Å². The zero-order valence-electron chi connectivity index (χ0n) is 17.6. The highest BCUT2D eigenvalue weighted by atomic mass is 79.9. The van der Waals surface area contributed by atoms with Gasteiger partial charge in [0.25, 0.3) is 6.43 Å². The number of aromatic nitrogens is 3. The summed E-state index contributed by atoms with van der Waals surface area (Å²) < 4.78 is 33.0. The number of hydrogen-bond donors (Lipinski definition) is 1. The van der Waals surface area contributed by atoms with Crippen LogP contribution >= 0.6 is 27.3 Å². The topological polar surface area (TPSA) is 59.9 Å². The zero-order chi connectivity index (χ0) is 22.1. The normalized spacial score (nSPS) is 12.7. The van der Waals surface area contributed by atoms with E-state index in [0.717, 1.165) is 32.3 Å². The molecule has 0 saturated carbocycles. The van der Waals surface area contributed by atoms with E-state index in [-0.39, 0.29) is 10.0 Å². The molecule has 3 aromatic rings. The lowest BCUT2D eigenvalue weighted by atomic mass is 10.1. The Bertz CT molecular complexity index is 1040. The van der Waals surface area contributed by atoms with Crippen molar-refractivity contribution in [3.8, 4) is 10.6 Å². The highest BCUT2D eigenvalue weighted by molar-refractivity contribution is 9.10. The van der Waals surface area contributed by atoms with Gasteiger partial charge in [-0.15, -0.1) is 10.2 Å². The molecule has 0 spiro atoms. The predicted molar refractivity (Wildman–Crippen MR) is 125 cm³/mol. The van der Waals surface area contributed by atoms with Crippen molar-refractivity contribution >= 4 is 52.3 Å². The molecule has 30 heavy (non-hydrogen) atoms. The molecule has 2 heterocycles. The second-order valence-electron chi connectivity index (χ2n) is 8.47.